The van der Waals surface area contributed by atoms with Crippen molar-refractivity contribution in [2.24, 2.45) is 0 Å². The van der Waals surface area contributed by atoms with Crippen LogP contribution in [0.15, 0.2) is 17.3 Å². The van der Waals surface area contributed by atoms with Crippen molar-refractivity contribution in [3.8, 4) is 0 Å². The predicted octanol–water partition coefficient (Wildman–Crippen LogP) is 1.54. The van der Waals surface area contributed by atoms with Crippen molar-refractivity contribution in [1.29, 1.82) is 0 Å². The van der Waals surface area contributed by atoms with E-state index in [0.717, 1.165) is 6.42 Å². The molecular weight excluding hydrogens is 226 g/mol. The standard InChI is InChI=1S/C10H19N3O2S/c1-5-9(4)12-16(14,15)10-6-11-13(7-10)8(2)3/h6-9,12H,5H2,1-4H3. The van der Waals surface area contributed by atoms with Crippen LogP contribution in [-0.2, 0) is 10.0 Å². The van der Waals surface area contributed by atoms with Gasteiger partial charge in [-0.3, -0.25) is 4.68 Å². The van der Waals surface area contributed by atoms with E-state index >= 15 is 0 Å². The average Bonchev–Trinajstić information content (AvgIpc) is 2.66. The zero-order chi connectivity index (χ0) is 12.3. The first kappa shape index (κ1) is 13.2. The molecule has 16 heavy (non-hydrogen) atoms. The fourth-order valence-electron chi connectivity index (χ4n) is 1.16. The highest BCUT2D eigenvalue weighted by molar-refractivity contribution is 7.89. The van der Waals surface area contributed by atoms with Crippen LogP contribution >= 0.6 is 0 Å². The summed E-state index contributed by atoms with van der Waals surface area (Å²) in [5, 5.41) is 4.01. The van der Waals surface area contributed by atoms with E-state index in [1.807, 2.05) is 27.7 Å². The van der Waals surface area contributed by atoms with Gasteiger partial charge in [-0.15, -0.1) is 0 Å². The number of hydrogen-bond donors (Lipinski definition) is 1. The molecule has 0 spiro atoms. The van der Waals surface area contributed by atoms with Gasteiger partial charge in [0.2, 0.25) is 10.0 Å². The van der Waals surface area contributed by atoms with Crippen LogP contribution in [0.3, 0.4) is 0 Å². The summed E-state index contributed by atoms with van der Waals surface area (Å²) in [4.78, 5) is 0.224. The van der Waals surface area contributed by atoms with E-state index in [1.165, 1.54) is 6.20 Å². The molecule has 0 fully saturated rings. The van der Waals surface area contributed by atoms with Gasteiger partial charge < -0.3 is 0 Å². The number of nitrogens with one attached hydrogen (secondary N) is 1. The maximum atomic E-state index is 11.9. The minimum Gasteiger partial charge on any atom is -0.269 e. The molecule has 0 radical (unpaired) electrons. The molecule has 1 aromatic rings. The van der Waals surface area contributed by atoms with Crippen molar-refractivity contribution in [2.75, 3.05) is 0 Å². The maximum Gasteiger partial charge on any atom is 0.243 e. The van der Waals surface area contributed by atoms with Crippen LogP contribution in [0.25, 0.3) is 0 Å². The third-order valence-corrected chi connectivity index (χ3v) is 3.93. The van der Waals surface area contributed by atoms with Gasteiger partial charge in [-0.25, -0.2) is 13.1 Å². The highest BCUT2D eigenvalue weighted by Crippen LogP contribution is 2.11. The quantitative estimate of drug-likeness (QED) is 0.856. The predicted molar refractivity (Wildman–Crippen MR) is 62.7 cm³/mol. The van der Waals surface area contributed by atoms with Crippen LogP contribution < -0.4 is 4.72 Å². The summed E-state index contributed by atoms with van der Waals surface area (Å²) in [5.74, 6) is 0. The fourth-order valence-corrected chi connectivity index (χ4v) is 2.42. The molecule has 1 N–H and O–H groups in total. The van der Waals surface area contributed by atoms with Gasteiger partial charge in [0.1, 0.15) is 4.90 Å². The van der Waals surface area contributed by atoms with Gasteiger partial charge in [0.15, 0.2) is 0 Å². The summed E-state index contributed by atoms with van der Waals surface area (Å²) in [7, 11) is -3.42. The van der Waals surface area contributed by atoms with Crippen LogP contribution in [0.1, 0.15) is 40.2 Å². The summed E-state index contributed by atoms with van der Waals surface area (Å²) < 4.78 is 28.0. The van der Waals surface area contributed by atoms with Gasteiger partial charge in [0, 0.05) is 18.3 Å². The molecule has 1 atom stereocenters. The molecular formula is C10H19N3O2S. The van der Waals surface area contributed by atoms with Gasteiger partial charge in [0.25, 0.3) is 0 Å². The molecule has 92 valence electrons. The minimum absolute atomic E-state index is 0.0626. The Morgan fingerprint density at radius 2 is 2.06 bits per heavy atom. The highest BCUT2D eigenvalue weighted by Gasteiger charge is 2.18. The van der Waals surface area contributed by atoms with Gasteiger partial charge in [0.05, 0.1) is 6.20 Å². The van der Waals surface area contributed by atoms with Crippen molar-refractivity contribution >= 4 is 10.0 Å². The first-order valence-corrected chi connectivity index (χ1v) is 6.91. The van der Waals surface area contributed by atoms with Crippen LogP contribution in [0.5, 0.6) is 0 Å². The number of hydrogen-bond acceptors (Lipinski definition) is 3. The lowest BCUT2D eigenvalue weighted by atomic mass is 10.3. The average molecular weight is 245 g/mol. The van der Waals surface area contributed by atoms with Crippen LogP contribution in [0.2, 0.25) is 0 Å². The summed E-state index contributed by atoms with van der Waals surface area (Å²) in [6.07, 6.45) is 3.69. The molecule has 1 rings (SSSR count). The molecule has 0 aliphatic rings. The SMILES string of the molecule is CCC(C)NS(=O)(=O)c1cnn(C(C)C)c1. The van der Waals surface area contributed by atoms with E-state index in [4.69, 9.17) is 0 Å². The summed E-state index contributed by atoms with van der Waals surface area (Å²) in [5.41, 5.74) is 0. The Morgan fingerprint density at radius 1 is 1.44 bits per heavy atom. The normalized spacial score (nSPS) is 14.3. The summed E-state index contributed by atoms with van der Waals surface area (Å²) >= 11 is 0. The van der Waals surface area contributed by atoms with E-state index in [9.17, 15) is 8.42 Å². The molecule has 1 unspecified atom stereocenters. The molecule has 6 heteroatoms. The van der Waals surface area contributed by atoms with Gasteiger partial charge in [-0.1, -0.05) is 6.92 Å². The lowest BCUT2D eigenvalue weighted by Gasteiger charge is -2.10. The molecule has 0 aliphatic heterocycles. The molecule has 0 saturated heterocycles. The van der Waals surface area contributed by atoms with E-state index in [-0.39, 0.29) is 17.0 Å². The third kappa shape index (κ3) is 3.05. The molecule has 0 bridgehead atoms. The second-order valence-electron chi connectivity index (χ2n) is 4.18. The summed E-state index contributed by atoms with van der Waals surface area (Å²) in [6.45, 7) is 7.67. The Labute approximate surface area is 96.9 Å². The molecule has 1 aromatic heterocycles. The topological polar surface area (TPSA) is 64.0 Å². The van der Waals surface area contributed by atoms with Crippen LogP contribution in [-0.4, -0.2) is 24.2 Å². The highest BCUT2D eigenvalue weighted by atomic mass is 32.2. The molecule has 5 nitrogen and oxygen atoms in total. The minimum atomic E-state index is -3.42. The third-order valence-electron chi connectivity index (χ3n) is 2.39. The van der Waals surface area contributed by atoms with E-state index in [0.29, 0.717) is 0 Å². The maximum absolute atomic E-state index is 11.9. The second-order valence-corrected chi connectivity index (χ2v) is 5.89. The molecule has 0 amide bonds. The Balaban J connectivity index is 2.90. The van der Waals surface area contributed by atoms with Crippen LogP contribution in [0.4, 0.5) is 0 Å². The van der Waals surface area contributed by atoms with Gasteiger partial charge in [-0.05, 0) is 27.2 Å². The Kier molecular flexibility index (Phi) is 4.09. The molecule has 0 saturated carbocycles. The number of aromatic nitrogens is 2. The lowest BCUT2D eigenvalue weighted by molar-refractivity contribution is 0.530. The van der Waals surface area contributed by atoms with Crippen molar-refractivity contribution in [3.05, 3.63) is 12.4 Å². The first-order chi connectivity index (χ1) is 7.36. The van der Waals surface area contributed by atoms with Crippen molar-refractivity contribution in [2.45, 2.75) is 51.1 Å². The fraction of sp³-hybridized carbons (Fsp3) is 0.700. The van der Waals surface area contributed by atoms with Gasteiger partial charge >= 0.3 is 0 Å². The Morgan fingerprint density at radius 3 is 2.50 bits per heavy atom. The number of sulfonamides is 1. The van der Waals surface area contributed by atoms with Crippen molar-refractivity contribution in [1.82, 2.24) is 14.5 Å². The zero-order valence-corrected chi connectivity index (χ0v) is 11.0. The van der Waals surface area contributed by atoms with E-state index in [2.05, 4.69) is 9.82 Å². The number of rotatable bonds is 5. The number of nitrogens with zero attached hydrogens (tertiary/aromatic N) is 2. The zero-order valence-electron chi connectivity index (χ0n) is 10.1. The largest absolute Gasteiger partial charge is 0.269 e. The monoisotopic (exact) mass is 245 g/mol. The molecule has 0 aromatic carbocycles. The smallest absolute Gasteiger partial charge is 0.243 e. The van der Waals surface area contributed by atoms with Crippen molar-refractivity contribution in [3.63, 3.8) is 0 Å². The van der Waals surface area contributed by atoms with E-state index in [1.54, 1.807) is 10.9 Å². The molecule has 1 heterocycles. The Hall–Kier alpha value is -0.880. The van der Waals surface area contributed by atoms with Crippen molar-refractivity contribution < 1.29 is 8.42 Å². The summed E-state index contributed by atoms with van der Waals surface area (Å²) in [6, 6.07) is 0.0972. The second kappa shape index (κ2) is 4.97. The Bertz CT molecular complexity index is 437. The van der Waals surface area contributed by atoms with E-state index < -0.39 is 10.0 Å². The van der Waals surface area contributed by atoms with Crippen LogP contribution in [0, 0.1) is 0 Å². The molecule has 0 aliphatic carbocycles. The lowest BCUT2D eigenvalue weighted by Crippen LogP contribution is -2.31. The first-order valence-electron chi connectivity index (χ1n) is 5.43. The van der Waals surface area contributed by atoms with Gasteiger partial charge in [-0.2, -0.15) is 5.10 Å².